The number of ether oxygens (including phenoxy) is 2. The van der Waals surface area contributed by atoms with E-state index in [1.807, 2.05) is 24.3 Å². The van der Waals surface area contributed by atoms with Crippen molar-refractivity contribution in [3.63, 3.8) is 0 Å². The van der Waals surface area contributed by atoms with Crippen molar-refractivity contribution in [3.8, 4) is 11.5 Å². The van der Waals surface area contributed by atoms with Gasteiger partial charge >= 0.3 is 0 Å². The van der Waals surface area contributed by atoms with Crippen LogP contribution in [0.25, 0.3) is 10.9 Å². The van der Waals surface area contributed by atoms with E-state index in [2.05, 4.69) is 4.98 Å². The van der Waals surface area contributed by atoms with E-state index in [1.165, 1.54) is 17.1 Å². The summed E-state index contributed by atoms with van der Waals surface area (Å²) in [4.78, 5) is 4.92. The summed E-state index contributed by atoms with van der Waals surface area (Å²) < 4.78 is 39.3. The molecular weight excluding hydrogens is 400 g/mol. The third-order valence-corrected chi connectivity index (χ3v) is 7.72. The lowest BCUT2D eigenvalue weighted by Gasteiger charge is -2.19. The van der Waals surface area contributed by atoms with Gasteiger partial charge in [0.2, 0.25) is 0 Å². The van der Waals surface area contributed by atoms with Crippen LogP contribution < -0.4 is 13.8 Å². The van der Waals surface area contributed by atoms with Crippen molar-refractivity contribution >= 4 is 26.7 Å². The van der Waals surface area contributed by atoms with E-state index in [9.17, 15) is 8.42 Å². The maximum absolute atomic E-state index is 13.3. The molecular formula is C23H24N2O4S. The second-order valence-corrected chi connectivity index (χ2v) is 9.71. The molecule has 0 amide bonds. The van der Waals surface area contributed by atoms with Crippen LogP contribution in [-0.2, 0) is 16.4 Å². The molecule has 0 bridgehead atoms. The molecule has 2 heterocycles. The van der Waals surface area contributed by atoms with Crippen LogP contribution in [0.3, 0.4) is 0 Å². The predicted octanol–water partition coefficient (Wildman–Crippen LogP) is 4.32. The van der Waals surface area contributed by atoms with Crippen molar-refractivity contribution in [1.82, 2.24) is 4.98 Å². The number of rotatable bonds is 5. The number of sulfonamides is 1. The van der Waals surface area contributed by atoms with Gasteiger partial charge in [-0.1, -0.05) is 0 Å². The maximum Gasteiger partial charge on any atom is 0.265 e. The molecule has 0 saturated heterocycles. The summed E-state index contributed by atoms with van der Waals surface area (Å²) in [6.45, 7) is 0.387. The summed E-state index contributed by atoms with van der Waals surface area (Å²) in [6.07, 6.45) is 5.40. The van der Waals surface area contributed by atoms with E-state index >= 15 is 0 Å². The van der Waals surface area contributed by atoms with Crippen LogP contribution in [-0.4, -0.2) is 33.2 Å². The van der Waals surface area contributed by atoms with Crippen LogP contribution in [0.5, 0.6) is 11.5 Å². The first kappa shape index (κ1) is 19.2. The average Bonchev–Trinajstić information content (AvgIpc) is 3.42. The van der Waals surface area contributed by atoms with E-state index in [4.69, 9.17) is 9.47 Å². The number of methoxy groups -OCH3 is 1. The molecule has 1 aromatic heterocycles. The summed E-state index contributed by atoms with van der Waals surface area (Å²) in [5, 5.41) is 0.974. The molecule has 6 nitrogen and oxygen atoms in total. The van der Waals surface area contributed by atoms with E-state index in [0.717, 1.165) is 35.1 Å². The molecule has 1 aliphatic carbocycles. The normalized spacial score (nSPS) is 16.8. The van der Waals surface area contributed by atoms with Gasteiger partial charge < -0.3 is 9.47 Å². The van der Waals surface area contributed by atoms with Gasteiger partial charge in [-0.05, 0) is 80.1 Å². The van der Waals surface area contributed by atoms with Gasteiger partial charge in [-0.15, -0.1) is 0 Å². The quantitative estimate of drug-likeness (QED) is 0.610. The Bertz CT molecular complexity index is 1190. The van der Waals surface area contributed by atoms with Crippen molar-refractivity contribution in [2.45, 2.75) is 43.1 Å². The van der Waals surface area contributed by atoms with Gasteiger partial charge in [-0.2, -0.15) is 0 Å². The number of hydrogen-bond acceptors (Lipinski definition) is 5. The van der Waals surface area contributed by atoms with Gasteiger partial charge in [0.25, 0.3) is 10.0 Å². The first-order chi connectivity index (χ1) is 14.5. The molecule has 1 fully saturated rings. The van der Waals surface area contributed by atoms with E-state index in [-0.39, 0.29) is 11.0 Å². The van der Waals surface area contributed by atoms with E-state index in [0.29, 0.717) is 24.5 Å². The van der Waals surface area contributed by atoms with Crippen molar-refractivity contribution in [2.75, 3.05) is 18.0 Å². The fourth-order valence-corrected chi connectivity index (χ4v) is 5.74. The zero-order valence-electron chi connectivity index (χ0n) is 16.9. The molecule has 1 saturated carbocycles. The van der Waals surface area contributed by atoms with Gasteiger partial charge in [0.05, 0.1) is 23.6 Å². The van der Waals surface area contributed by atoms with Gasteiger partial charge in [0.1, 0.15) is 17.3 Å². The third kappa shape index (κ3) is 3.37. The molecule has 2 aromatic carbocycles. The number of nitrogens with zero attached hydrogens (tertiary/aromatic N) is 2. The molecule has 0 spiro atoms. The summed E-state index contributed by atoms with van der Waals surface area (Å²) in [5.41, 5.74) is 1.66. The number of benzene rings is 2. The highest BCUT2D eigenvalue weighted by atomic mass is 32.2. The Morgan fingerprint density at radius 2 is 1.73 bits per heavy atom. The van der Waals surface area contributed by atoms with Crippen LogP contribution in [0, 0.1) is 0 Å². The Kier molecular flexibility index (Phi) is 4.77. The lowest BCUT2D eigenvalue weighted by molar-refractivity contribution is 0.210. The number of anilines is 1. The molecule has 0 atom stereocenters. The average molecular weight is 425 g/mol. The van der Waals surface area contributed by atoms with Gasteiger partial charge in [0.15, 0.2) is 0 Å². The standard InChI is InChI=1S/C23H24N2O4S/c1-28-20-7-6-16-14-17-12-13-25(23(17)24-22(16)15-20)30(26,27)21-10-8-19(9-11-21)29-18-4-2-3-5-18/h6-11,14-15,18H,2-5,12-13H2,1H3. The molecule has 2 aliphatic rings. The van der Waals surface area contributed by atoms with Crippen LogP contribution in [0.15, 0.2) is 53.4 Å². The Balaban J connectivity index is 1.45. The smallest absolute Gasteiger partial charge is 0.265 e. The van der Waals surface area contributed by atoms with Gasteiger partial charge in [0, 0.05) is 18.0 Å². The van der Waals surface area contributed by atoms with Crippen LogP contribution in [0.1, 0.15) is 31.2 Å². The monoisotopic (exact) mass is 424 g/mol. The second-order valence-electron chi connectivity index (χ2n) is 7.85. The topological polar surface area (TPSA) is 68.7 Å². The molecule has 5 rings (SSSR count). The first-order valence-electron chi connectivity index (χ1n) is 10.3. The van der Waals surface area contributed by atoms with E-state index < -0.39 is 10.0 Å². The van der Waals surface area contributed by atoms with Gasteiger partial charge in [-0.3, -0.25) is 0 Å². The minimum absolute atomic E-state index is 0.243. The summed E-state index contributed by atoms with van der Waals surface area (Å²) >= 11 is 0. The number of aromatic nitrogens is 1. The highest BCUT2D eigenvalue weighted by molar-refractivity contribution is 7.92. The number of hydrogen-bond donors (Lipinski definition) is 0. The fourth-order valence-electron chi connectivity index (χ4n) is 4.29. The van der Waals surface area contributed by atoms with Crippen molar-refractivity contribution in [3.05, 3.63) is 54.1 Å². The van der Waals surface area contributed by atoms with Crippen molar-refractivity contribution < 1.29 is 17.9 Å². The van der Waals surface area contributed by atoms with Crippen LogP contribution >= 0.6 is 0 Å². The molecule has 30 heavy (non-hydrogen) atoms. The Morgan fingerprint density at radius 1 is 1.00 bits per heavy atom. The Labute approximate surface area is 176 Å². The predicted molar refractivity (Wildman–Crippen MR) is 116 cm³/mol. The lowest BCUT2D eigenvalue weighted by Crippen LogP contribution is -2.29. The molecule has 1 aliphatic heterocycles. The lowest BCUT2D eigenvalue weighted by atomic mass is 10.1. The minimum Gasteiger partial charge on any atom is -0.497 e. The molecule has 156 valence electrons. The Morgan fingerprint density at radius 3 is 2.47 bits per heavy atom. The fraction of sp³-hybridized carbons (Fsp3) is 0.348. The maximum atomic E-state index is 13.3. The zero-order chi connectivity index (χ0) is 20.7. The second kappa shape index (κ2) is 7.47. The highest BCUT2D eigenvalue weighted by Gasteiger charge is 2.32. The molecule has 7 heteroatoms. The van der Waals surface area contributed by atoms with Crippen molar-refractivity contribution in [2.24, 2.45) is 0 Å². The molecule has 3 aromatic rings. The van der Waals surface area contributed by atoms with E-state index in [1.54, 1.807) is 31.4 Å². The largest absolute Gasteiger partial charge is 0.497 e. The Hall–Kier alpha value is -2.80. The summed E-state index contributed by atoms with van der Waals surface area (Å²) in [7, 11) is -2.09. The van der Waals surface area contributed by atoms with Crippen LogP contribution in [0.4, 0.5) is 5.82 Å². The first-order valence-corrected chi connectivity index (χ1v) is 11.8. The number of fused-ring (bicyclic) bond motifs is 2. The molecule has 0 radical (unpaired) electrons. The minimum atomic E-state index is -3.70. The van der Waals surface area contributed by atoms with Gasteiger partial charge in [-0.25, -0.2) is 17.7 Å². The van der Waals surface area contributed by atoms with Crippen molar-refractivity contribution in [1.29, 1.82) is 0 Å². The molecule has 0 unspecified atom stereocenters. The third-order valence-electron chi connectivity index (χ3n) is 5.92. The summed E-state index contributed by atoms with van der Waals surface area (Å²) in [6, 6.07) is 14.4. The van der Waals surface area contributed by atoms with Crippen LogP contribution in [0.2, 0.25) is 0 Å². The highest BCUT2D eigenvalue weighted by Crippen LogP contribution is 2.35. The SMILES string of the molecule is COc1ccc2cc3c(nc2c1)N(S(=O)(=O)c1ccc(OC2CCCC2)cc1)CC3. The number of pyridine rings is 1. The molecule has 0 N–H and O–H groups in total. The summed E-state index contributed by atoms with van der Waals surface area (Å²) in [5.74, 6) is 1.92. The zero-order valence-corrected chi connectivity index (χ0v) is 17.7.